The van der Waals surface area contributed by atoms with Gasteiger partial charge in [0.25, 0.3) is 0 Å². The zero-order chi connectivity index (χ0) is 15.9. The second-order valence-electron chi connectivity index (χ2n) is 4.63. The van der Waals surface area contributed by atoms with Gasteiger partial charge in [0.15, 0.2) is 0 Å². The molecule has 2 amide bonds. The summed E-state index contributed by atoms with van der Waals surface area (Å²) in [6.07, 6.45) is 3.82. The largest absolute Gasteiger partial charge is 0.325 e. The van der Waals surface area contributed by atoms with Crippen LogP contribution in [-0.4, -0.2) is 16.2 Å². The highest BCUT2D eigenvalue weighted by Gasteiger charge is 2.06. The Labute approximate surface area is 137 Å². The molecule has 3 aromatic rings. The van der Waals surface area contributed by atoms with Crippen LogP contribution in [0.15, 0.2) is 60.7 Å². The molecule has 0 aliphatic heterocycles. The molecule has 2 aromatic carbocycles. The molecule has 0 spiro atoms. The number of hydrogen-bond acceptors (Lipinski definition) is 4. The van der Waals surface area contributed by atoms with Gasteiger partial charge in [-0.3, -0.25) is 5.32 Å². The lowest BCUT2D eigenvalue weighted by Crippen LogP contribution is -2.19. The van der Waals surface area contributed by atoms with Crippen LogP contribution in [0.25, 0.3) is 12.2 Å². The lowest BCUT2D eigenvalue weighted by molar-refractivity contribution is 0.262. The maximum atomic E-state index is 11.9. The van der Waals surface area contributed by atoms with Crippen LogP contribution >= 0.6 is 11.3 Å². The monoisotopic (exact) mass is 322 g/mol. The highest BCUT2D eigenvalue weighted by Crippen LogP contribution is 2.18. The lowest BCUT2D eigenvalue weighted by Gasteiger charge is -2.03. The molecule has 1 heterocycles. The fourth-order valence-corrected chi connectivity index (χ4v) is 2.51. The average Bonchev–Trinajstić information content (AvgIpc) is 3.02. The Hall–Kier alpha value is -2.99. The van der Waals surface area contributed by atoms with E-state index in [4.69, 9.17) is 0 Å². The van der Waals surface area contributed by atoms with Gasteiger partial charge in [-0.2, -0.15) is 0 Å². The van der Waals surface area contributed by atoms with Gasteiger partial charge in [0, 0.05) is 5.69 Å². The van der Waals surface area contributed by atoms with E-state index >= 15 is 0 Å². The molecule has 0 atom stereocenters. The lowest BCUT2D eigenvalue weighted by atomic mass is 10.2. The fourth-order valence-electron chi connectivity index (χ4n) is 1.87. The quantitative estimate of drug-likeness (QED) is 0.750. The molecule has 114 valence electrons. The van der Waals surface area contributed by atoms with E-state index in [1.165, 1.54) is 11.3 Å². The summed E-state index contributed by atoms with van der Waals surface area (Å²) in [5.74, 6) is 0. The van der Waals surface area contributed by atoms with E-state index in [0.717, 1.165) is 16.3 Å². The first-order valence-electron chi connectivity index (χ1n) is 6.99. The highest BCUT2D eigenvalue weighted by molar-refractivity contribution is 7.16. The molecule has 23 heavy (non-hydrogen) atoms. The number of benzene rings is 2. The molecule has 0 radical (unpaired) electrons. The van der Waals surface area contributed by atoms with Gasteiger partial charge in [0.2, 0.25) is 5.13 Å². The van der Waals surface area contributed by atoms with Crippen LogP contribution < -0.4 is 10.6 Å². The molecule has 0 bridgehead atoms. The van der Waals surface area contributed by atoms with Crippen molar-refractivity contribution in [3.63, 3.8) is 0 Å². The number of aromatic nitrogens is 2. The zero-order valence-electron chi connectivity index (χ0n) is 12.1. The molecule has 3 rings (SSSR count). The van der Waals surface area contributed by atoms with Crippen molar-refractivity contribution in [3.8, 4) is 0 Å². The van der Waals surface area contributed by atoms with Gasteiger partial charge >= 0.3 is 6.03 Å². The van der Waals surface area contributed by atoms with E-state index in [1.807, 2.05) is 72.8 Å². The topological polar surface area (TPSA) is 66.9 Å². The van der Waals surface area contributed by atoms with E-state index in [0.29, 0.717) is 5.13 Å². The van der Waals surface area contributed by atoms with Gasteiger partial charge in [0.1, 0.15) is 5.01 Å². The van der Waals surface area contributed by atoms with Gasteiger partial charge in [-0.05, 0) is 23.8 Å². The molecule has 0 saturated carbocycles. The predicted octanol–water partition coefficient (Wildman–Crippen LogP) is 4.35. The van der Waals surface area contributed by atoms with Crippen molar-refractivity contribution < 1.29 is 4.79 Å². The third-order valence-electron chi connectivity index (χ3n) is 2.91. The van der Waals surface area contributed by atoms with Crippen molar-refractivity contribution in [3.05, 3.63) is 71.2 Å². The van der Waals surface area contributed by atoms with Crippen molar-refractivity contribution >= 4 is 40.3 Å². The average molecular weight is 322 g/mol. The Morgan fingerprint density at radius 2 is 1.57 bits per heavy atom. The first-order valence-corrected chi connectivity index (χ1v) is 7.81. The maximum absolute atomic E-state index is 11.9. The van der Waals surface area contributed by atoms with E-state index in [-0.39, 0.29) is 6.03 Å². The molecule has 6 heteroatoms. The smallest absolute Gasteiger partial charge is 0.308 e. The SMILES string of the molecule is O=C(Nc1ccccc1)Nc1nnc(C=Cc2ccccc2)s1. The van der Waals surface area contributed by atoms with E-state index in [1.54, 1.807) is 0 Å². The molecule has 0 saturated heterocycles. The molecule has 0 fully saturated rings. The molecule has 2 N–H and O–H groups in total. The van der Waals surface area contributed by atoms with Crippen LogP contribution in [-0.2, 0) is 0 Å². The molecular formula is C17H14N4OS. The number of urea groups is 1. The van der Waals surface area contributed by atoms with Crippen molar-refractivity contribution in [1.29, 1.82) is 0 Å². The van der Waals surface area contributed by atoms with Crippen LogP contribution in [0.3, 0.4) is 0 Å². The van der Waals surface area contributed by atoms with Crippen molar-refractivity contribution in [2.45, 2.75) is 0 Å². The van der Waals surface area contributed by atoms with E-state index in [9.17, 15) is 4.79 Å². The zero-order valence-corrected chi connectivity index (χ0v) is 13.0. The van der Waals surface area contributed by atoms with E-state index in [2.05, 4.69) is 20.8 Å². The molecule has 5 nitrogen and oxygen atoms in total. The highest BCUT2D eigenvalue weighted by atomic mass is 32.1. The fraction of sp³-hybridized carbons (Fsp3) is 0. The minimum absolute atomic E-state index is 0.342. The number of nitrogens with zero attached hydrogens (tertiary/aromatic N) is 2. The Bertz CT molecular complexity index is 800. The van der Waals surface area contributed by atoms with Gasteiger partial charge in [-0.25, -0.2) is 4.79 Å². The molecule has 0 unspecified atom stereocenters. The Morgan fingerprint density at radius 3 is 2.30 bits per heavy atom. The van der Waals surface area contributed by atoms with Crippen LogP contribution in [0.5, 0.6) is 0 Å². The van der Waals surface area contributed by atoms with Crippen LogP contribution in [0.4, 0.5) is 15.6 Å². The number of rotatable bonds is 4. The number of hydrogen-bond donors (Lipinski definition) is 2. The summed E-state index contributed by atoms with van der Waals surface area (Å²) in [7, 11) is 0. The summed E-state index contributed by atoms with van der Waals surface area (Å²) in [4.78, 5) is 11.9. The molecular weight excluding hydrogens is 308 g/mol. The standard InChI is InChI=1S/C17H14N4OS/c22-16(18-14-9-5-2-6-10-14)19-17-21-20-15(23-17)12-11-13-7-3-1-4-8-13/h1-12H,(H2,18,19,21,22). The number of para-hydroxylation sites is 1. The van der Waals surface area contributed by atoms with Crippen molar-refractivity contribution in [1.82, 2.24) is 10.2 Å². The number of carbonyl (C=O) groups is 1. The Kier molecular flexibility index (Phi) is 4.76. The van der Waals surface area contributed by atoms with Crippen molar-refractivity contribution in [2.24, 2.45) is 0 Å². The first-order chi connectivity index (χ1) is 11.3. The predicted molar refractivity (Wildman–Crippen MR) is 94.4 cm³/mol. The second kappa shape index (κ2) is 7.33. The number of amides is 2. The minimum Gasteiger partial charge on any atom is -0.308 e. The number of anilines is 2. The first kappa shape index (κ1) is 14.9. The third kappa shape index (κ3) is 4.49. The van der Waals surface area contributed by atoms with Gasteiger partial charge in [-0.1, -0.05) is 65.9 Å². The summed E-state index contributed by atoms with van der Waals surface area (Å²) < 4.78 is 0. The van der Waals surface area contributed by atoms with Crippen LogP contribution in [0.1, 0.15) is 10.6 Å². The molecule has 0 aliphatic carbocycles. The molecule has 1 aromatic heterocycles. The van der Waals surface area contributed by atoms with Gasteiger partial charge < -0.3 is 5.32 Å². The van der Waals surface area contributed by atoms with Crippen molar-refractivity contribution in [2.75, 3.05) is 10.6 Å². The normalized spacial score (nSPS) is 10.6. The summed E-state index contributed by atoms with van der Waals surface area (Å²) in [6, 6.07) is 18.8. The number of nitrogens with one attached hydrogen (secondary N) is 2. The third-order valence-corrected chi connectivity index (χ3v) is 3.71. The number of carbonyl (C=O) groups excluding carboxylic acids is 1. The van der Waals surface area contributed by atoms with Crippen LogP contribution in [0, 0.1) is 0 Å². The Balaban J connectivity index is 1.59. The Morgan fingerprint density at radius 1 is 0.870 bits per heavy atom. The molecule has 0 aliphatic rings. The van der Waals surface area contributed by atoms with Gasteiger partial charge in [0.05, 0.1) is 0 Å². The summed E-state index contributed by atoms with van der Waals surface area (Å²) in [5.41, 5.74) is 1.80. The maximum Gasteiger partial charge on any atom is 0.325 e. The summed E-state index contributed by atoms with van der Waals surface area (Å²) >= 11 is 1.31. The summed E-state index contributed by atoms with van der Waals surface area (Å²) in [6.45, 7) is 0. The van der Waals surface area contributed by atoms with Crippen LogP contribution in [0.2, 0.25) is 0 Å². The summed E-state index contributed by atoms with van der Waals surface area (Å²) in [5, 5.41) is 14.6. The minimum atomic E-state index is -0.342. The van der Waals surface area contributed by atoms with Gasteiger partial charge in [-0.15, -0.1) is 10.2 Å². The second-order valence-corrected chi connectivity index (χ2v) is 5.64. The van der Waals surface area contributed by atoms with E-state index < -0.39 is 0 Å².